The van der Waals surface area contributed by atoms with Crippen LogP contribution in [0.4, 0.5) is 11.5 Å². The average Bonchev–Trinajstić information content (AvgIpc) is 2.30. The number of benzene rings is 1. The molecular weight excluding hydrogens is 198 g/mol. The van der Waals surface area contributed by atoms with Crippen LogP contribution in [-0.2, 0) is 0 Å². The second kappa shape index (κ2) is 4.23. The molecule has 0 spiro atoms. The molecule has 2 N–H and O–H groups in total. The summed E-state index contributed by atoms with van der Waals surface area (Å²) in [6.45, 7) is 0. The molecule has 0 fully saturated rings. The molecule has 82 valence electrons. The van der Waals surface area contributed by atoms with Gasteiger partial charge in [0.05, 0.1) is 5.69 Å². The summed E-state index contributed by atoms with van der Waals surface area (Å²) in [5.74, 6) is 0.931. The second-order valence-corrected chi connectivity index (χ2v) is 3.86. The van der Waals surface area contributed by atoms with Gasteiger partial charge in [0.2, 0.25) is 0 Å². The maximum absolute atomic E-state index is 5.93. The summed E-state index contributed by atoms with van der Waals surface area (Å²) >= 11 is 0. The quantitative estimate of drug-likeness (QED) is 0.779. The van der Waals surface area contributed by atoms with Crippen molar-refractivity contribution < 1.29 is 0 Å². The molecular formula is C13H15N3. The highest BCUT2D eigenvalue weighted by molar-refractivity contribution is 5.74. The fourth-order valence-electron chi connectivity index (χ4n) is 1.55. The number of nitrogens with two attached hydrogens (primary N) is 1. The van der Waals surface area contributed by atoms with E-state index in [0.717, 1.165) is 22.8 Å². The van der Waals surface area contributed by atoms with Gasteiger partial charge in [-0.25, -0.2) is 4.98 Å². The lowest BCUT2D eigenvalue weighted by atomic mass is 10.1. The molecule has 0 bridgehead atoms. The lowest BCUT2D eigenvalue weighted by molar-refractivity contribution is 1.07. The predicted octanol–water partition coefficient (Wildman–Crippen LogP) is 2.40. The molecule has 1 aromatic carbocycles. The SMILES string of the molecule is CN(C)c1cccc(-c2ccccc2N)n1. The van der Waals surface area contributed by atoms with Gasteiger partial charge in [-0.3, -0.25) is 0 Å². The lowest BCUT2D eigenvalue weighted by Gasteiger charge is -2.12. The highest BCUT2D eigenvalue weighted by Gasteiger charge is 2.04. The van der Waals surface area contributed by atoms with Crippen LogP contribution in [0.5, 0.6) is 0 Å². The summed E-state index contributed by atoms with van der Waals surface area (Å²) in [6, 6.07) is 13.7. The minimum atomic E-state index is 0.755. The fraction of sp³-hybridized carbons (Fsp3) is 0.154. The minimum absolute atomic E-state index is 0.755. The minimum Gasteiger partial charge on any atom is -0.398 e. The van der Waals surface area contributed by atoms with Gasteiger partial charge < -0.3 is 10.6 Å². The molecule has 3 nitrogen and oxygen atoms in total. The Hall–Kier alpha value is -2.03. The van der Waals surface area contributed by atoms with Crippen molar-refractivity contribution in [2.75, 3.05) is 24.7 Å². The van der Waals surface area contributed by atoms with Crippen LogP contribution < -0.4 is 10.6 Å². The van der Waals surface area contributed by atoms with Crippen LogP contribution >= 0.6 is 0 Å². The smallest absolute Gasteiger partial charge is 0.128 e. The van der Waals surface area contributed by atoms with E-state index in [4.69, 9.17) is 5.73 Å². The Labute approximate surface area is 95.5 Å². The monoisotopic (exact) mass is 213 g/mol. The molecule has 3 heteroatoms. The van der Waals surface area contributed by atoms with Gasteiger partial charge in [0, 0.05) is 25.3 Å². The number of rotatable bonds is 2. The van der Waals surface area contributed by atoms with Gasteiger partial charge >= 0.3 is 0 Å². The molecule has 0 amide bonds. The van der Waals surface area contributed by atoms with Crippen molar-refractivity contribution in [1.82, 2.24) is 4.98 Å². The van der Waals surface area contributed by atoms with Crippen molar-refractivity contribution in [3.05, 3.63) is 42.5 Å². The number of nitrogen functional groups attached to an aromatic ring is 1. The van der Waals surface area contributed by atoms with Crippen molar-refractivity contribution in [3.8, 4) is 11.3 Å². The molecule has 1 aromatic heterocycles. The number of hydrogen-bond donors (Lipinski definition) is 1. The van der Waals surface area contributed by atoms with Gasteiger partial charge in [-0.2, -0.15) is 0 Å². The second-order valence-electron chi connectivity index (χ2n) is 3.86. The Morgan fingerprint density at radius 2 is 1.75 bits per heavy atom. The van der Waals surface area contributed by atoms with E-state index in [9.17, 15) is 0 Å². The first-order valence-corrected chi connectivity index (χ1v) is 5.18. The van der Waals surface area contributed by atoms with E-state index in [1.807, 2.05) is 61.5 Å². The molecule has 0 aliphatic carbocycles. The third-order valence-electron chi connectivity index (χ3n) is 2.43. The largest absolute Gasteiger partial charge is 0.398 e. The number of nitrogens with zero attached hydrogens (tertiary/aromatic N) is 2. The van der Waals surface area contributed by atoms with Gasteiger partial charge in [0.15, 0.2) is 0 Å². The van der Waals surface area contributed by atoms with Crippen LogP contribution in [0.25, 0.3) is 11.3 Å². The van der Waals surface area contributed by atoms with Crippen molar-refractivity contribution >= 4 is 11.5 Å². The van der Waals surface area contributed by atoms with Gasteiger partial charge in [-0.1, -0.05) is 24.3 Å². The first-order chi connectivity index (χ1) is 7.68. The molecule has 1 heterocycles. The summed E-state index contributed by atoms with van der Waals surface area (Å²) in [6.07, 6.45) is 0. The molecule has 16 heavy (non-hydrogen) atoms. The van der Waals surface area contributed by atoms with Crippen LogP contribution in [0.15, 0.2) is 42.5 Å². The zero-order valence-electron chi connectivity index (χ0n) is 9.51. The van der Waals surface area contributed by atoms with E-state index in [2.05, 4.69) is 4.98 Å². The molecule has 0 aliphatic heterocycles. The van der Waals surface area contributed by atoms with Gasteiger partial charge in [-0.05, 0) is 18.2 Å². The van der Waals surface area contributed by atoms with Crippen molar-refractivity contribution in [2.24, 2.45) is 0 Å². The number of pyridine rings is 1. The maximum atomic E-state index is 5.93. The van der Waals surface area contributed by atoms with Crippen LogP contribution in [0, 0.1) is 0 Å². The van der Waals surface area contributed by atoms with Gasteiger partial charge in [0.1, 0.15) is 5.82 Å². The highest BCUT2D eigenvalue weighted by Crippen LogP contribution is 2.24. The Bertz CT molecular complexity index is 492. The standard InChI is InChI=1S/C13H15N3/c1-16(2)13-9-5-8-12(15-13)10-6-3-4-7-11(10)14/h3-9H,14H2,1-2H3. The van der Waals surface area contributed by atoms with Crippen molar-refractivity contribution in [1.29, 1.82) is 0 Å². The predicted molar refractivity (Wildman–Crippen MR) is 68.4 cm³/mol. The normalized spacial score (nSPS) is 10.1. The van der Waals surface area contributed by atoms with Crippen LogP contribution in [0.1, 0.15) is 0 Å². The maximum Gasteiger partial charge on any atom is 0.128 e. The Kier molecular flexibility index (Phi) is 2.77. The molecule has 2 aromatic rings. The van der Waals surface area contributed by atoms with E-state index in [1.54, 1.807) is 0 Å². The number of para-hydroxylation sites is 1. The molecule has 0 saturated carbocycles. The topological polar surface area (TPSA) is 42.1 Å². The van der Waals surface area contributed by atoms with E-state index in [-0.39, 0.29) is 0 Å². The Morgan fingerprint density at radius 3 is 2.44 bits per heavy atom. The van der Waals surface area contributed by atoms with Crippen molar-refractivity contribution in [3.63, 3.8) is 0 Å². The zero-order valence-corrected chi connectivity index (χ0v) is 9.51. The summed E-state index contributed by atoms with van der Waals surface area (Å²) < 4.78 is 0. The average molecular weight is 213 g/mol. The number of anilines is 2. The van der Waals surface area contributed by atoms with Gasteiger partial charge in [0.25, 0.3) is 0 Å². The third kappa shape index (κ3) is 1.98. The van der Waals surface area contributed by atoms with Crippen molar-refractivity contribution in [2.45, 2.75) is 0 Å². The van der Waals surface area contributed by atoms with E-state index in [1.165, 1.54) is 0 Å². The summed E-state index contributed by atoms with van der Waals surface area (Å²) in [5, 5.41) is 0. The molecule has 2 rings (SSSR count). The summed E-state index contributed by atoms with van der Waals surface area (Å²) in [7, 11) is 3.95. The lowest BCUT2D eigenvalue weighted by Crippen LogP contribution is -2.10. The molecule has 0 atom stereocenters. The molecule has 0 saturated heterocycles. The molecule has 0 unspecified atom stereocenters. The number of hydrogen-bond acceptors (Lipinski definition) is 3. The zero-order chi connectivity index (χ0) is 11.5. The first-order valence-electron chi connectivity index (χ1n) is 5.18. The van der Waals surface area contributed by atoms with Crippen LogP contribution in [-0.4, -0.2) is 19.1 Å². The Balaban J connectivity index is 2.49. The molecule has 0 aliphatic rings. The molecule has 0 radical (unpaired) electrons. The highest BCUT2D eigenvalue weighted by atomic mass is 15.1. The first kappa shape index (κ1) is 10.5. The van der Waals surface area contributed by atoms with Crippen LogP contribution in [0.2, 0.25) is 0 Å². The van der Waals surface area contributed by atoms with E-state index < -0.39 is 0 Å². The van der Waals surface area contributed by atoms with Gasteiger partial charge in [-0.15, -0.1) is 0 Å². The Morgan fingerprint density at radius 1 is 1.00 bits per heavy atom. The van der Waals surface area contributed by atoms with E-state index in [0.29, 0.717) is 0 Å². The van der Waals surface area contributed by atoms with E-state index >= 15 is 0 Å². The summed E-state index contributed by atoms with van der Waals surface area (Å²) in [5.41, 5.74) is 8.57. The summed E-state index contributed by atoms with van der Waals surface area (Å²) in [4.78, 5) is 6.52. The third-order valence-corrected chi connectivity index (χ3v) is 2.43. The van der Waals surface area contributed by atoms with Crippen LogP contribution in [0.3, 0.4) is 0 Å². The fourth-order valence-corrected chi connectivity index (χ4v) is 1.55. The number of aromatic nitrogens is 1.